The van der Waals surface area contributed by atoms with Gasteiger partial charge in [0, 0.05) is 20.6 Å². The first-order valence-corrected chi connectivity index (χ1v) is 6.86. The molecular weight excluding hydrogens is 256 g/mol. The van der Waals surface area contributed by atoms with Crippen LogP contribution in [0.2, 0.25) is 0 Å². The van der Waals surface area contributed by atoms with Crippen molar-refractivity contribution in [1.29, 1.82) is 0 Å². The molecule has 1 aromatic rings. The molecule has 0 atom stereocenters. The summed E-state index contributed by atoms with van der Waals surface area (Å²) in [6.07, 6.45) is 0.437. The molecule has 0 heterocycles. The maximum Gasteiger partial charge on any atom is 0.278 e. The highest BCUT2D eigenvalue weighted by molar-refractivity contribution is 7.87. The van der Waals surface area contributed by atoms with Crippen LogP contribution in [0.15, 0.2) is 12.1 Å². The van der Waals surface area contributed by atoms with Gasteiger partial charge < -0.3 is 10.2 Å². The van der Waals surface area contributed by atoms with Gasteiger partial charge in [-0.3, -0.25) is 0 Å². The van der Waals surface area contributed by atoms with E-state index in [-0.39, 0.29) is 18.0 Å². The van der Waals surface area contributed by atoms with Crippen molar-refractivity contribution in [3.63, 3.8) is 0 Å². The number of hydrogen-bond donors (Lipinski definition) is 3. The Balaban J connectivity index is 2.68. The lowest BCUT2D eigenvalue weighted by Crippen LogP contribution is -2.36. The van der Waals surface area contributed by atoms with Crippen LogP contribution in [0.3, 0.4) is 0 Å². The smallest absolute Gasteiger partial charge is 0.278 e. The molecule has 0 unspecified atom stereocenters. The lowest BCUT2D eigenvalue weighted by molar-refractivity contribution is 0.402. The predicted molar refractivity (Wildman–Crippen MR) is 68.8 cm³/mol. The van der Waals surface area contributed by atoms with E-state index in [0.29, 0.717) is 6.42 Å². The van der Waals surface area contributed by atoms with Crippen molar-refractivity contribution in [2.45, 2.75) is 13.3 Å². The van der Waals surface area contributed by atoms with Crippen molar-refractivity contribution in [3.8, 4) is 11.5 Å². The Morgan fingerprint density at radius 3 is 2.33 bits per heavy atom. The summed E-state index contributed by atoms with van der Waals surface area (Å²) in [6.45, 7) is 2.01. The van der Waals surface area contributed by atoms with Crippen molar-refractivity contribution < 1.29 is 18.6 Å². The normalized spacial score (nSPS) is 12.0. The minimum Gasteiger partial charge on any atom is -0.504 e. The van der Waals surface area contributed by atoms with Crippen LogP contribution < -0.4 is 4.72 Å². The molecule has 0 saturated heterocycles. The lowest BCUT2D eigenvalue weighted by Gasteiger charge is -2.13. The SMILES string of the molecule is Cc1cc(O)c(O)cc1CCNS(=O)(=O)N(C)C. The van der Waals surface area contributed by atoms with Gasteiger partial charge in [0.2, 0.25) is 0 Å². The van der Waals surface area contributed by atoms with Gasteiger partial charge >= 0.3 is 0 Å². The number of hydrogen-bond acceptors (Lipinski definition) is 4. The van der Waals surface area contributed by atoms with E-state index >= 15 is 0 Å². The number of aromatic hydroxyl groups is 2. The number of rotatable bonds is 5. The topological polar surface area (TPSA) is 89.9 Å². The highest BCUT2D eigenvalue weighted by Gasteiger charge is 2.12. The van der Waals surface area contributed by atoms with Gasteiger partial charge in [0.1, 0.15) is 0 Å². The van der Waals surface area contributed by atoms with Gasteiger partial charge in [0.05, 0.1) is 0 Å². The van der Waals surface area contributed by atoms with Crippen LogP contribution in [0.25, 0.3) is 0 Å². The van der Waals surface area contributed by atoms with E-state index in [9.17, 15) is 18.6 Å². The molecule has 102 valence electrons. The molecule has 0 aliphatic heterocycles. The maximum atomic E-state index is 11.5. The Bertz CT molecular complexity index is 526. The Morgan fingerprint density at radius 2 is 1.78 bits per heavy atom. The van der Waals surface area contributed by atoms with E-state index in [1.807, 2.05) is 0 Å². The average molecular weight is 274 g/mol. The Hall–Kier alpha value is -1.31. The quantitative estimate of drug-likeness (QED) is 0.676. The number of phenols is 2. The van der Waals surface area contributed by atoms with Crippen molar-refractivity contribution in [3.05, 3.63) is 23.3 Å². The summed E-state index contributed by atoms with van der Waals surface area (Å²) in [5.74, 6) is -0.379. The van der Waals surface area contributed by atoms with Gasteiger partial charge in [0.25, 0.3) is 10.2 Å². The summed E-state index contributed by atoms with van der Waals surface area (Å²) in [6, 6.07) is 2.89. The summed E-state index contributed by atoms with van der Waals surface area (Å²) >= 11 is 0. The first-order chi connectivity index (χ1) is 8.24. The molecule has 3 N–H and O–H groups in total. The Labute approximate surface area is 107 Å². The number of phenolic OH excluding ortho intramolecular Hbond substituents is 2. The largest absolute Gasteiger partial charge is 0.504 e. The van der Waals surface area contributed by atoms with Crippen molar-refractivity contribution in [1.82, 2.24) is 9.03 Å². The second-order valence-electron chi connectivity index (χ2n) is 4.20. The molecule has 7 heteroatoms. The molecule has 0 aliphatic carbocycles. The summed E-state index contributed by atoms with van der Waals surface area (Å²) < 4.78 is 26.4. The Morgan fingerprint density at radius 1 is 1.22 bits per heavy atom. The zero-order chi connectivity index (χ0) is 13.9. The van der Waals surface area contributed by atoms with Crippen LogP contribution in [-0.2, 0) is 16.6 Å². The molecule has 0 saturated carbocycles. The van der Waals surface area contributed by atoms with Crippen LogP contribution in [0.5, 0.6) is 11.5 Å². The third kappa shape index (κ3) is 3.59. The molecule has 0 radical (unpaired) electrons. The van der Waals surface area contributed by atoms with Crippen LogP contribution in [0.1, 0.15) is 11.1 Å². The van der Waals surface area contributed by atoms with Crippen molar-refractivity contribution in [2.75, 3.05) is 20.6 Å². The molecule has 0 bridgehead atoms. The second kappa shape index (κ2) is 5.55. The second-order valence-corrected chi connectivity index (χ2v) is 6.17. The Kier molecular flexibility index (Phi) is 4.55. The summed E-state index contributed by atoms with van der Waals surface area (Å²) in [5, 5.41) is 18.7. The molecule has 6 nitrogen and oxygen atoms in total. The molecule has 0 spiro atoms. The average Bonchev–Trinajstić information content (AvgIpc) is 2.25. The number of nitrogens with one attached hydrogen (secondary N) is 1. The monoisotopic (exact) mass is 274 g/mol. The van der Waals surface area contributed by atoms with E-state index in [2.05, 4.69) is 4.72 Å². The fourth-order valence-electron chi connectivity index (χ4n) is 1.44. The lowest BCUT2D eigenvalue weighted by atomic mass is 10.1. The highest BCUT2D eigenvalue weighted by atomic mass is 32.2. The molecule has 0 fully saturated rings. The molecular formula is C11H18N2O4S. The fraction of sp³-hybridized carbons (Fsp3) is 0.455. The highest BCUT2D eigenvalue weighted by Crippen LogP contribution is 2.27. The molecule has 1 aromatic carbocycles. The molecule has 18 heavy (non-hydrogen) atoms. The predicted octanol–water partition coefficient (Wildman–Crippen LogP) is 0.345. The third-order valence-electron chi connectivity index (χ3n) is 2.59. The first kappa shape index (κ1) is 14.7. The molecule has 0 aliphatic rings. The third-order valence-corrected chi connectivity index (χ3v) is 4.12. The number of nitrogens with zero attached hydrogens (tertiary/aromatic N) is 1. The van der Waals surface area contributed by atoms with Crippen LogP contribution in [0, 0.1) is 6.92 Å². The minimum absolute atomic E-state index is 0.176. The standard InChI is InChI=1S/C11H18N2O4S/c1-8-6-10(14)11(15)7-9(8)4-5-12-18(16,17)13(2)3/h6-7,12,14-15H,4-5H2,1-3H3. The van der Waals surface area contributed by atoms with Gasteiger partial charge in [0.15, 0.2) is 11.5 Å². The molecule has 1 rings (SSSR count). The van der Waals surface area contributed by atoms with Crippen LogP contribution in [-0.4, -0.2) is 43.6 Å². The summed E-state index contributed by atoms with van der Waals surface area (Å²) in [4.78, 5) is 0. The summed E-state index contributed by atoms with van der Waals surface area (Å²) in [5.41, 5.74) is 1.58. The van der Waals surface area contributed by atoms with Gasteiger partial charge in [-0.2, -0.15) is 12.7 Å². The fourth-order valence-corrected chi connectivity index (χ4v) is 2.06. The number of aryl methyl sites for hydroxylation is 1. The minimum atomic E-state index is -3.43. The molecule has 0 aromatic heterocycles. The zero-order valence-corrected chi connectivity index (χ0v) is 11.5. The zero-order valence-electron chi connectivity index (χ0n) is 10.6. The van der Waals surface area contributed by atoms with E-state index in [0.717, 1.165) is 15.4 Å². The summed E-state index contributed by atoms with van der Waals surface area (Å²) in [7, 11) is -0.539. The van der Waals surface area contributed by atoms with Crippen molar-refractivity contribution >= 4 is 10.2 Å². The maximum absolute atomic E-state index is 11.5. The van der Waals surface area contributed by atoms with E-state index < -0.39 is 10.2 Å². The number of benzene rings is 1. The van der Waals surface area contributed by atoms with Gasteiger partial charge in [-0.1, -0.05) is 0 Å². The molecule has 0 amide bonds. The van der Waals surface area contributed by atoms with Gasteiger partial charge in [-0.15, -0.1) is 0 Å². The first-order valence-electron chi connectivity index (χ1n) is 5.42. The van der Waals surface area contributed by atoms with E-state index in [4.69, 9.17) is 0 Å². The van der Waals surface area contributed by atoms with Crippen molar-refractivity contribution in [2.24, 2.45) is 0 Å². The van der Waals surface area contributed by atoms with E-state index in [1.165, 1.54) is 26.2 Å². The van der Waals surface area contributed by atoms with Crippen LogP contribution >= 0.6 is 0 Å². The van der Waals surface area contributed by atoms with Gasteiger partial charge in [-0.05, 0) is 36.6 Å². The van der Waals surface area contributed by atoms with Gasteiger partial charge in [-0.25, -0.2) is 4.72 Å². The van der Waals surface area contributed by atoms with Crippen LogP contribution in [0.4, 0.5) is 0 Å². The van der Waals surface area contributed by atoms with E-state index in [1.54, 1.807) is 6.92 Å².